The van der Waals surface area contributed by atoms with Gasteiger partial charge in [-0.1, -0.05) is 26.0 Å². The number of amides is 1. The molecule has 0 aromatic heterocycles. The zero-order valence-electron chi connectivity index (χ0n) is 22.3. The Bertz CT molecular complexity index is 950. The molecule has 1 aromatic rings. The summed E-state index contributed by atoms with van der Waals surface area (Å²) in [5, 5.41) is 10.9. The highest BCUT2D eigenvalue weighted by Crippen LogP contribution is 2.32. The van der Waals surface area contributed by atoms with Crippen LogP contribution in [0.5, 0.6) is 0 Å². The van der Waals surface area contributed by atoms with E-state index in [1.165, 1.54) is 6.26 Å². The van der Waals surface area contributed by atoms with E-state index in [1.807, 2.05) is 26.0 Å². The second kappa shape index (κ2) is 12.8. The summed E-state index contributed by atoms with van der Waals surface area (Å²) in [6.45, 7) is 8.81. The lowest BCUT2D eigenvalue weighted by atomic mass is 9.80. The Kier molecular flexibility index (Phi) is 10.3. The first kappa shape index (κ1) is 29.0. The van der Waals surface area contributed by atoms with E-state index < -0.39 is 21.4 Å². The standard InChI is InChI=1S/C27H44N2O6S/c1-27(2)20-35-14-5-6-23-18-28(17-21-7-9-24(10-8-21)36(4,32)33)12-11-22(23)16-26(31)29(13-15-34-3)19-25(27)30/h7-10,22-23,25,30H,5-6,11-20H2,1-4H3/t22-,23-,25-/m0/s1. The molecule has 0 spiro atoms. The molecule has 2 aliphatic heterocycles. The highest BCUT2D eigenvalue weighted by Gasteiger charge is 2.35. The number of carbonyl (C=O) groups is 1. The van der Waals surface area contributed by atoms with Gasteiger partial charge < -0.3 is 19.5 Å². The molecular formula is C27H44N2O6S. The second-order valence-electron chi connectivity index (χ2n) is 11.2. The smallest absolute Gasteiger partial charge is 0.223 e. The first-order valence-corrected chi connectivity index (χ1v) is 14.9. The predicted molar refractivity (Wildman–Crippen MR) is 139 cm³/mol. The van der Waals surface area contributed by atoms with Gasteiger partial charge in [-0.3, -0.25) is 9.69 Å². The molecule has 2 saturated heterocycles. The molecule has 0 saturated carbocycles. The average Bonchev–Trinajstić information content (AvgIpc) is 2.82. The van der Waals surface area contributed by atoms with Gasteiger partial charge >= 0.3 is 0 Å². The Labute approximate surface area is 216 Å². The highest BCUT2D eigenvalue weighted by atomic mass is 32.2. The molecule has 1 N–H and O–H groups in total. The molecule has 1 aromatic carbocycles. The van der Waals surface area contributed by atoms with Crippen LogP contribution in [-0.2, 0) is 30.7 Å². The average molecular weight is 525 g/mol. The van der Waals surface area contributed by atoms with E-state index in [-0.39, 0.29) is 18.4 Å². The van der Waals surface area contributed by atoms with E-state index in [1.54, 1.807) is 24.1 Å². The van der Waals surface area contributed by atoms with Gasteiger partial charge in [0.2, 0.25) is 5.91 Å². The van der Waals surface area contributed by atoms with Crippen LogP contribution in [0.25, 0.3) is 0 Å². The molecule has 2 fully saturated rings. The van der Waals surface area contributed by atoms with Crippen LogP contribution in [-0.4, -0.2) is 94.7 Å². The lowest BCUT2D eigenvalue weighted by molar-refractivity contribution is -0.137. The number of ether oxygens (including phenoxy) is 2. The van der Waals surface area contributed by atoms with Crippen LogP contribution >= 0.6 is 0 Å². The highest BCUT2D eigenvalue weighted by molar-refractivity contribution is 7.90. The van der Waals surface area contributed by atoms with Crippen LogP contribution in [0.15, 0.2) is 29.2 Å². The second-order valence-corrected chi connectivity index (χ2v) is 13.2. The van der Waals surface area contributed by atoms with Gasteiger partial charge in [0.05, 0.1) is 24.2 Å². The molecule has 36 heavy (non-hydrogen) atoms. The number of hydrogen-bond acceptors (Lipinski definition) is 7. The fourth-order valence-corrected chi connectivity index (χ4v) is 5.83. The van der Waals surface area contributed by atoms with Crippen molar-refractivity contribution >= 4 is 15.7 Å². The van der Waals surface area contributed by atoms with Crippen molar-refractivity contribution in [3.05, 3.63) is 29.8 Å². The third-order valence-corrected chi connectivity index (χ3v) is 8.85. The maximum atomic E-state index is 13.4. The van der Waals surface area contributed by atoms with Crippen molar-refractivity contribution < 1.29 is 27.8 Å². The minimum Gasteiger partial charge on any atom is -0.391 e. The molecule has 9 heteroatoms. The summed E-state index contributed by atoms with van der Waals surface area (Å²) in [6.07, 6.45) is 3.88. The zero-order valence-corrected chi connectivity index (χ0v) is 23.1. The van der Waals surface area contributed by atoms with Crippen LogP contribution in [0, 0.1) is 17.3 Å². The van der Waals surface area contributed by atoms with Crippen LogP contribution < -0.4 is 0 Å². The normalized spacial score (nSPS) is 27.0. The fourth-order valence-electron chi connectivity index (χ4n) is 5.20. The number of carbonyl (C=O) groups excluding carboxylic acids is 1. The number of aliphatic hydroxyl groups is 1. The third kappa shape index (κ3) is 8.25. The van der Waals surface area contributed by atoms with E-state index in [0.717, 1.165) is 44.5 Å². The Morgan fingerprint density at radius 3 is 2.53 bits per heavy atom. The molecule has 3 atom stereocenters. The summed E-state index contributed by atoms with van der Waals surface area (Å²) in [5.41, 5.74) is 0.641. The number of piperidine rings is 1. The Balaban J connectivity index is 1.70. The van der Waals surface area contributed by atoms with E-state index in [2.05, 4.69) is 4.90 Å². The van der Waals surface area contributed by atoms with Gasteiger partial charge in [-0.25, -0.2) is 8.42 Å². The van der Waals surface area contributed by atoms with Crippen LogP contribution in [0.2, 0.25) is 0 Å². The summed E-state index contributed by atoms with van der Waals surface area (Å²) in [7, 11) is -1.58. The van der Waals surface area contributed by atoms with Crippen LogP contribution in [0.3, 0.4) is 0 Å². The molecule has 0 bridgehead atoms. The largest absolute Gasteiger partial charge is 0.391 e. The maximum Gasteiger partial charge on any atom is 0.223 e. The molecule has 2 heterocycles. The Morgan fingerprint density at radius 2 is 1.86 bits per heavy atom. The van der Waals surface area contributed by atoms with Crippen molar-refractivity contribution in [3.63, 3.8) is 0 Å². The molecule has 0 unspecified atom stereocenters. The van der Waals surface area contributed by atoms with Crippen LogP contribution in [0.1, 0.15) is 45.1 Å². The predicted octanol–water partition coefficient (Wildman–Crippen LogP) is 2.59. The number of likely N-dealkylation sites (tertiary alicyclic amines) is 1. The molecule has 2 aliphatic rings. The van der Waals surface area contributed by atoms with E-state index >= 15 is 0 Å². The SMILES string of the molecule is COCCN1C[C@H](O)C(C)(C)COCCC[C@H]2CN(Cc3ccc(S(C)(=O)=O)cc3)CC[C@H]2CC1=O. The molecule has 0 radical (unpaired) electrons. The minimum atomic E-state index is -3.20. The number of nitrogens with zero attached hydrogens (tertiary/aromatic N) is 2. The number of rotatable bonds is 6. The number of sulfone groups is 1. The third-order valence-electron chi connectivity index (χ3n) is 7.72. The monoisotopic (exact) mass is 524 g/mol. The van der Waals surface area contributed by atoms with Gasteiger partial charge in [0.15, 0.2) is 9.84 Å². The van der Waals surface area contributed by atoms with Crippen molar-refractivity contribution in [2.75, 3.05) is 59.4 Å². The van der Waals surface area contributed by atoms with Crippen molar-refractivity contribution in [2.45, 2.75) is 57.1 Å². The number of fused-ring (bicyclic) bond motifs is 1. The Hall–Kier alpha value is -1.52. The molecule has 204 valence electrons. The van der Waals surface area contributed by atoms with E-state index in [0.29, 0.717) is 43.6 Å². The lowest BCUT2D eigenvalue weighted by Gasteiger charge is -2.39. The van der Waals surface area contributed by atoms with Gasteiger partial charge in [0.1, 0.15) is 0 Å². The summed E-state index contributed by atoms with van der Waals surface area (Å²) >= 11 is 0. The number of hydrogen-bond donors (Lipinski definition) is 1. The maximum absolute atomic E-state index is 13.4. The molecule has 3 rings (SSSR count). The summed E-state index contributed by atoms with van der Waals surface area (Å²) in [4.78, 5) is 17.9. The minimum absolute atomic E-state index is 0.0851. The van der Waals surface area contributed by atoms with Crippen molar-refractivity contribution in [1.29, 1.82) is 0 Å². The number of β-amino-alcohol motifs (C(OH)–C–C–N with tert-alkyl or cyclic N) is 1. The molecular weight excluding hydrogens is 480 g/mol. The summed E-state index contributed by atoms with van der Waals surface area (Å²) in [5.74, 6) is 0.753. The number of benzene rings is 1. The molecule has 8 nitrogen and oxygen atoms in total. The molecule has 1 amide bonds. The number of aliphatic hydroxyl groups excluding tert-OH is 1. The Morgan fingerprint density at radius 1 is 1.14 bits per heavy atom. The quantitative estimate of drug-likeness (QED) is 0.611. The van der Waals surface area contributed by atoms with Gasteiger partial charge in [-0.05, 0) is 55.3 Å². The zero-order chi connectivity index (χ0) is 26.3. The van der Waals surface area contributed by atoms with Gasteiger partial charge in [-0.15, -0.1) is 0 Å². The topological polar surface area (TPSA) is 96.4 Å². The van der Waals surface area contributed by atoms with Gasteiger partial charge in [0, 0.05) is 58.0 Å². The van der Waals surface area contributed by atoms with E-state index in [9.17, 15) is 18.3 Å². The fraction of sp³-hybridized carbons (Fsp3) is 0.741. The first-order valence-electron chi connectivity index (χ1n) is 13.0. The number of methoxy groups -OCH3 is 1. The van der Waals surface area contributed by atoms with Crippen LogP contribution in [0.4, 0.5) is 0 Å². The first-order chi connectivity index (χ1) is 17.0. The van der Waals surface area contributed by atoms with Gasteiger partial charge in [-0.2, -0.15) is 0 Å². The van der Waals surface area contributed by atoms with Gasteiger partial charge in [0.25, 0.3) is 0 Å². The summed E-state index contributed by atoms with van der Waals surface area (Å²) in [6, 6.07) is 7.14. The van der Waals surface area contributed by atoms with Crippen molar-refractivity contribution in [1.82, 2.24) is 9.80 Å². The lowest BCUT2D eigenvalue weighted by Crippen LogP contribution is -2.47. The molecule has 0 aliphatic carbocycles. The summed E-state index contributed by atoms with van der Waals surface area (Å²) < 4.78 is 34.7. The van der Waals surface area contributed by atoms with E-state index in [4.69, 9.17) is 9.47 Å². The van der Waals surface area contributed by atoms with Crippen molar-refractivity contribution in [3.8, 4) is 0 Å². The van der Waals surface area contributed by atoms with Crippen molar-refractivity contribution in [2.24, 2.45) is 17.3 Å².